The maximum absolute atomic E-state index is 9.25. The predicted molar refractivity (Wildman–Crippen MR) is 89.2 cm³/mol. The smallest absolute Gasteiger partial charge is 0.228 e. The van der Waals surface area contributed by atoms with Crippen molar-refractivity contribution in [1.29, 1.82) is 0 Å². The largest absolute Gasteiger partial charge is 0.395 e. The monoisotopic (exact) mass is 309 g/mol. The van der Waals surface area contributed by atoms with Crippen LogP contribution in [0.4, 0.5) is 5.69 Å². The van der Waals surface area contributed by atoms with Gasteiger partial charge in [-0.1, -0.05) is 53.7 Å². The summed E-state index contributed by atoms with van der Waals surface area (Å²) in [7, 11) is 0. The molecule has 118 valence electrons. The van der Waals surface area contributed by atoms with E-state index in [1.165, 1.54) is 0 Å². The third kappa shape index (κ3) is 3.96. The Morgan fingerprint density at radius 1 is 0.913 bits per heavy atom. The number of rotatable bonds is 7. The van der Waals surface area contributed by atoms with Crippen LogP contribution in [0.1, 0.15) is 5.89 Å². The summed E-state index contributed by atoms with van der Waals surface area (Å²) in [4.78, 5) is 6.54. The zero-order chi connectivity index (χ0) is 15.9. The van der Waals surface area contributed by atoms with Crippen molar-refractivity contribution >= 4 is 5.69 Å². The van der Waals surface area contributed by atoms with Crippen molar-refractivity contribution in [1.82, 2.24) is 10.1 Å². The molecule has 0 aliphatic rings. The zero-order valence-corrected chi connectivity index (χ0v) is 12.8. The van der Waals surface area contributed by atoms with E-state index >= 15 is 0 Å². The van der Waals surface area contributed by atoms with Crippen LogP contribution in [0.5, 0.6) is 0 Å². The topological polar surface area (TPSA) is 62.4 Å². The van der Waals surface area contributed by atoms with E-state index in [9.17, 15) is 5.11 Å². The summed E-state index contributed by atoms with van der Waals surface area (Å²) < 4.78 is 5.33. The minimum atomic E-state index is 0.105. The summed E-state index contributed by atoms with van der Waals surface area (Å²) in [5, 5.41) is 13.3. The van der Waals surface area contributed by atoms with Crippen LogP contribution in [-0.2, 0) is 6.42 Å². The molecule has 0 saturated carbocycles. The van der Waals surface area contributed by atoms with Gasteiger partial charge in [0.1, 0.15) is 0 Å². The molecule has 0 atom stereocenters. The Morgan fingerprint density at radius 3 is 2.30 bits per heavy atom. The molecule has 1 aromatic heterocycles. The SMILES string of the molecule is OCCN(CCc1nc(-c2ccccc2)no1)c1ccccc1. The Hall–Kier alpha value is -2.66. The number of aliphatic hydroxyl groups excluding tert-OH is 1. The molecular weight excluding hydrogens is 290 g/mol. The van der Waals surface area contributed by atoms with Crippen LogP contribution < -0.4 is 4.90 Å². The van der Waals surface area contributed by atoms with Gasteiger partial charge in [0.05, 0.1) is 6.61 Å². The quantitative estimate of drug-likeness (QED) is 0.727. The molecule has 1 heterocycles. The number of nitrogens with zero attached hydrogens (tertiary/aromatic N) is 3. The lowest BCUT2D eigenvalue weighted by molar-refractivity contribution is 0.301. The number of aromatic nitrogens is 2. The molecule has 0 bridgehead atoms. The maximum atomic E-state index is 9.25. The molecule has 23 heavy (non-hydrogen) atoms. The second-order valence-electron chi connectivity index (χ2n) is 5.17. The van der Waals surface area contributed by atoms with Crippen LogP contribution in [0.3, 0.4) is 0 Å². The molecule has 0 amide bonds. The number of benzene rings is 2. The molecule has 0 aliphatic carbocycles. The fourth-order valence-electron chi connectivity index (χ4n) is 2.42. The van der Waals surface area contributed by atoms with Gasteiger partial charge in [-0.05, 0) is 12.1 Å². The van der Waals surface area contributed by atoms with Crippen LogP contribution in [0.15, 0.2) is 65.2 Å². The van der Waals surface area contributed by atoms with Gasteiger partial charge >= 0.3 is 0 Å². The van der Waals surface area contributed by atoms with Gasteiger partial charge in [-0.3, -0.25) is 0 Å². The summed E-state index contributed by atoms with van der Waals surface area (Å²) >= 11 is 0. The van der Waals surface area contributed by atoms with E-state index < -0.39 is 0 Å². The molecule has 3 aromatic rings. The average molecular weight is 309 g/mol. The Balaban J connectivity index is 1.66. The number of hydrogen-bond donors (Lipinski definition) is 1. The summed E-state index contributed by atoms with van der Waals surface area (Å²) in [5.41, 5.74) is 2.02. The molecule has 3 rings (SSSR count). The van der Waals surface area contributed by atoms with E-state index in [2.05, 4.69) is 15.0 Å². The highest BCUT2D eigenvalue weighted by atomic mass is 16.5. The van der Waals surface area contributed by atoms with Crippen LogP contribution >= 0.6 is 0 Å². The van der Waals surface area contributed by atoms with E-state index in [0.717, 1.165) is 11.3 Å². The van der Waals surface area contributed by atoms with E-state index in [-0.39, 0.29) is 6.61 Å². The first-order chi connectivity index (χ1) is 11.4. The van der Waals surface area contributed by atoms with Gasteiger partial charge in [-0.15, -0.1) is 0 Å². The van der Waals surface area contributed by atoms with Gasteiger partial charge in [0.15, 0.2) is 0 Å². The maximum Gasteiger partial charge on any atom is 0.228 e. The normalized spacial score (nSPS) is 10.7. The molecule has 0 spiro atoms. The van der Waals surface area contributed by atoms with Crippen LogP contribution in [-0.4, -0.2) is 34.9 Å². The van der Waals surface area contributed by atoms with Crippen LogP contribution in [0.2, 0.25) is 0 Å². The number of anilines is 1. The van der Waals surface area contributed by atoms with E-state index in [1.54, 1.807) is 0 Å². The van der Waals surface area contributed by atoms with Gasteiger partial charge in [-0.25, -0.2) is 0 Å². The van der Waals surface area contributed by atoms with E-state index in [0.29, 0.717) is 31.2 Å². The summed E-state index contributed by atoms with van der Waals surface area (Å²) in [6.07, 6.45) is 0.634. The molecule has 0 unspecified atom stereocenters. The van der Waals surface area contributed by atoms with Gasteiger partial charge < -0.3 is 14.5 Å². The van der Waals surface area contributed by atoms with Crippen molar-refractivity contribution in [3.63, 3.8) is 0 Å². The minimum absolute atomic E-state index is 0.105. The molecule has 0 fully saturated rings. The second kappa shape index (κ2) is 7.56. The number of hydrogen-bond acceptors (Lipinski definition) is 5. The van der Waals surface area contributed by atoms with Gasteiger partial charge in [0.25, 0.3) is 0 Å². The zero-order valence-electron chi connectivity index (χ0n) is 12.8. The Morgan fingerprint density at radius 2 is 1.61 bits per heavy atom. The molecule has 0 saturated heterocycles. The van der Waals surface area contributed by atoms with Crippen LogP contribution in [0, 0.1) is 0 Å². The first-order valence-electron chi connectivity index (χ1n) is 7.65. The second-order valence-corrected chi connectivity index (χ2v) is 5.17. The highest BCUT2D eigenvalue weighted by molar-refractivity contribution is 5.53. The highest BCUT2D eigenvalue weighted by Gasteiger charge is 2.11. The highest BCUT2D eigenvalue weighted by Crippen LogP contribution is 2.16. The minimum Gasteiger partial charge on any atom is -0.395 e. The van der Waals surface area contributed by atoms with Crippen molar-refractivity contribution < 1.29 is 9.63 Å². The Kier molecular flexibility index (Phi) is 5.01. The first kappa shape index (κ1) is 15.2. The molecule has 0 radical (unpaired) electrons. The molecule has 5 heteroatoms. The van der Waals surface area contributed by atoms with E-state index in [4.69, 9.17) is 4.52 Å². The lowest BCUT2D eigenvalue weighted by Crippen LogP contribution is -2.28. The third-order valence-electron chi connectivity index (χ3n) is 3.59. The fourth-order valence-corrected chi connectivity index (χ4v) is 2.42. The van der Waals surface area contributed by atoms with Gasteiger partial charge in [-0.2, -0.15) is 4.98 Å². The van der Waals surface area contributed by atoms with Crippen molar-refractivity contribution in [3.8, 4) is 11.4 Å². The van der Waals surface area contributed by atoms with Gasteiger partial charge in [0.2, 0.25) is 11.7 Å². The Bertz CT molecular complexity index is 713. The molecule has 1 N–H and O–H groups in total. The van der Waals surface area contributed by atoms with Crippen LogP contribution in [0.25, 0.3) is 11.4 Å². The summed E-state index contributed by atoms with van der Waals surface area (Å²) in [6.45, 7) is 1.39. The fraction of sp³-hybridized carbons (Fsp3) is 0.222. The number of aliphatic hydroxyl groups is 1. The Labute approximate surface area is 135 Å². The summed E-state index contributed by atoms with van der Waals surface area (Å²) in [5.74, 6) is 1.21. The molecule has 0 aliphatic heterocycles. The summed E-state index contributed by atoms with van der Waals surface area (Å²) in [6, 6.07) is 19.8. The van der Waals surface area contributed by atoms with E-state index in [1.807, 2.05) is 60.7 Å². The van der Waals surface area contributed by atoms with Crippen molar-refractivity contribution in [2.24, 2.45) is 0 Å². The first-order valence-corrected chi connectivity index (χ1v) is 7.65. The number of para-hydroxylation sites is 1. The van der Waals surface area contributed by atoms with Crippen molar-refractivity contribution in [2.75, 3.05) is 24.6 Å². The molecular formula is C18H19N3O2. The van der Waals surface area contributed by atoms with Crippen molar-refractivity contribution in [3.05, 3.63) is 66.6 Å². The average Bonchev–Trinajstić information content (AvgIpc) is 3.09. The lowest BCUT2D eigenvalue weighted by Gasteiger charge is -2.23. The molecule has 2 aromatic carbocycles. The third-order valence-corrected chi connectivity index (χ3v) is 3.59. The van der Waals surface area contributed by atoms with Gasteiger partial charge in [0, 0.05) is 30.8 Å². The molecule has 5 nitrogen and oxygen atoms in total. The van der Waals surface area contributed by atoms with Crippen molar-refractivity contribution in [2.45, 2.75) is 6.42 Å². The lowest BCUT2D eigenvalue weighted by atomic mass is 10.2. The standard InChI is InChI=1S/C18H19N3O2/c22-14-13-21(16-9-5-2-6-10-16)12-11-17-19-18(20-23-17)15-7-3-1-4-8-15/h1-10,22H,11-14H2. The predicted octanol–water partition coefficient (Wildman–Crippen LogP) is 2.78.